The van der Waals surface area contributed by atoms with Crippen LogP contribution in [0.15, 0.2) is 36.4 Å². The lowest BCUT2D eigenvalue weighted by Gasteiger charge is -1.98. The maximum Gasteiger partial charge on any atom is 0.257 e. The molecule has 1 aromatic carbocycles. The number of hydrogen-bond donors (Lipinski definition) is 0. The first kappa shape index (κ1) is 10.4. The quantitative estimate of drug-likeness (QED) is 0.696. The highest BCUT2D eigenvalue weighted by Gasteiger charge is 2.13. The van der Waals surface area contributed by atoms with E-state index in [4.69, 9.17) is 6.57 Å². The summed E-state index contributed by atoms with van der Waals surface area (Å²) >= 11 is 0. The molecule has 1 aromatic heterocycles. The highest BCUT2D eigenvalue weighted by atomic mass is 15.3. The summed E-state index contributed by atoms with van der Waals surface area (Å²) in [6.07, 6.45) is 0. The molecule has 3 nitrogen and oxygen atoms in total. The zero-order valence-corrected chi connectivity index (χ0v) is 9.38. The zero-order valence-electron chi connectivity index (χ0n) is 9.38. The van der Waals surface area contributed by atoms with Gasteiger partial charge in [-0.25, -0.2) is 0 Å². The summed E-state index contributed by atoms with van der Waals surface area (Å²) in [6.45, 7) is 11.3. The highest BCUT2D eigenvalue weighted by Crippen LogP contribution is 2.23. The van der Waals surface area contributed by atoms with E-state index in [9.17, 15) is 0 Å². The molecule has 16 heavy (non-hydrogen) atoms. The van der Waals surface area contributed by atoms with Crippen LogP contribution in [0.5, 0.6) is 0 Å². The third-order valence-corrected chi connectivity index (χ3v) is 2.42. The Bertz CT molecular complexity index is 518. The first-order valence-electron chi connectivity index (χ1n) is 5.25. The Labute approximate surface area is 95.2 Å². The molecule has 0 radical (unpaired) electrons. The van der Waals surface area contributed by atoms with Crippen molar-refractivity contribution in [2.75, 3.05) is 0 Å². The summed E-state index contributed by atoms with van der Waals surface area (Å²) in [5.41, 5.74) is 1.88. The fourth-order valence-electron chi connectivity index (χ4n) is 1.51. The Morgan fingerprint density at radius 1 is 1.25 bits per heavy atom. The molecule has 0 N–H and O–H groups in total. The van der Waals surface area contributed by atoms with E-state index in [-0.39, 0.29) is 0 Å². The minimum atomic E-state index is 0.338. The Morgan fingerprint density at radius 3 is 2.50 bits per heavy atom. The van der Waals surface area contributed by atoms with Gasteiger partial charge in [0.05, 0.1) is 5.69 Å². The van der Waals surface area contributed by atoms with Crippen molar-refractivity contribution in [2.24, 2.45) is 0 Å². The van der Waals surface area contributed by atoms with Crippen LogP contribution < -0.4 is 0 Å². The topological polar surface area (TPSA) is 22.2 Å². The molecular weight excluding hydrogens is 198 g/mol. The molecule has 0 aliphatic heterocycles. The number of para-hydroxylation sites is 1. The average molecular weight is 211 g/mol. The first-order valence-corrected chi connectivity index (χ1v) is 5.25. The van der Waals surface area contributed by atoms with Crippen molar-refractivity contribution >= 4 is 5.82 Å². The molecule has 2 rings (SSSR count). The van der Waals surface area contributed by atoms with Gasteiger partial charge in [0.1, 0.15) is 5.69 Å². The minimum Gasteiger partial charge on any atom is -0.362 e. The van der Waals surface area contributed by atoms with Crippen LogP contribution in [0.25, 0.3) is 10.5 Å². The van der Waals surface area contributed by atoms with Crippen LogP contribution in [0, 0.1) is 6.57 Å². The number of nitrogens with zero attached hydrogens (tertiary/aromatic N) is 3. The summed E-state index contributed by atoms with van der Waals surface area (Å²) in [6, 6.07) is 11.6. The molecule has 0 fully saturated rings. The molecule has 0 bridgehead atoms. The van der Waals surface area contributed by atoms with Gasteiger partial charge >= 0.3 is 0 Å². The molecule has 0 unspecified atom stereocenters. The Hall–Kier alpha value is -2.08. The number of hydrogen-bond acceptors (Lipinski definition) is 1. The van der Waals surface area contributed by atoms with E-state index in [1.54, 1.807) is 4.68 Å². The molecule has 0 saturated carbocycles. The van der Waals surface area contributed by atoms with E-state index < -0.39 is 0 Å². The fourth-order valence-corrected chi connectivity index (χ4v) is 1.51. The molecule has 0 amide bonds. The van der Waals surface area contributed by atoms with E-state index in [0.717, 1.165) is 11.4 Å². The largest absolute Gasteiger partial charge is 0.362 e. The molecule has 1 heterocycles. The van der Waals surface area contributed by atoms with Gasteiger partial charge in [0.15, 0.2) is 0 Å². The van der Waals surface area contributed by atoms with Gasteiger partial charge in [-0.15, -0.1) is 5.10 Å². The van der Waals surface area contributed by atoms with Crippen LogP contribution in [-0.4, -0.2) is 9.78 Å². The van der Waals surface area contributed by atoms with E-state index in [1.807, 2.05) is 36.4 Å². The van der Waals surface area contributed by atoms with Crippen molar-refractivity contribution in [2.45, 2.75) is 19.8 Å². The summed E-state index contributed by atoms with van der Waals surface area (Å²) in [5, 5.41) is 4.45. The second-order valence-corrected chi connectivity index (χ2v) is 3.94. The molecule has 3 heteroatoms. The number of aromatic nitrogens is 2. The van der Waals surface area contributed by atoms with Gasteiger partial charge in [0.2, 0.25) is 0 Å². The second-order valence-electron chi connectivity index (χ2n) is 3.94. The molecule has 0 aliphatic rings. The van der Waals surface area contributed by atoms with Crippen molar-refractivity contribution < 1.29 is 0 Å². The van der Waals surface area contributed by atoms with Gasteiger partial charge < -0.3 is 4.85 Å². The van der Waals surface area contributed by atoms with E-state index in [0.29, 0.717) is 11.7 Å². The molecule has 0 atom stereocenters. The third-order valence-electron chi connectivity index (χ3n) is 2.42. The van der Waals surface area contributed by atoms with Crippen molar-refractivity contribution in [3.05, 3.63) is 53.5 Å². The van der Waals surface area contributed by atoms with Crippen LogP contribution in [0.3, 0.4) is 0 Å². The van der Waals surface area contributed by atoms with Crippen LogP contribution >= 0.6 is 0 Å². The van der Waals surface area contributed by atoms with Gasteiger partial charge in [-0.1, -0.05) is 38.6 Å². The maximum absolute atomic E-state index is 7.15. The molecule has 0 aliphatic carbocycles. The summed E-state index contributed by atoms with van der Waals surface area (Å²) in [5.74, 6) is 0.903. The van der Waals surface area contributed by atoms with Crippen LogP contribution in [0.2, 0.25) is 0 Å². The monoisotopic (exact) mass is 211 g/mol. The summed E-state index contributed by atoms with van der Waals surface area (Å²) in [4.78, 5) is 3.50. The normalized spacial score (nSPS) is 10.4. The third kappa shape index (κ3) is 1.82. The molecule has 0 saturated heterocycles. The summed E-state index contributed by atoms with van der Waals surface area (Å²) < 4.78 is 1.70. The van der Waals surface area contributed by atoms with Crippen molar-refractivity contribution in [1.29, 1.82) is 0 Å². The Balaban J connectivity index is 2.53. The molecule has 80 valence electrons. The number of benzene rings is 1. The van der Waals surface area contributed by atoms with Crippen molar-refractivity contribution in [3.63, 3.8) is 0 Å². The number of rotatable bonds is 2. The summed E-state index contributed by atoms with van der Waals surface area (Å²) in [7, 11) is 0. The maximum atomic E-state index is 7.15. The SMILES string of the molecule is [C-]#[N+]c1cc(C(C)C)nn1-c1ccccc1. The molecule has 0 spiro atoms. The van der Waals surface area contributed by atoms with Crippen LogP contribution in [-0.2, 0) is 0 Å². The first-order chi connectivity index (χ1) is 7.72. The fraction of sp³-hybridized carbons (Fsp3) is 0.231. The lowest BCUT2D eigenvalue weighted by molar-refractivity contribution is 0.772. The Morgan fingerprint density at radius 2 is 1.94 bits per heavy atom. The van der Waals surface area contributed by atoms with E-state index in [2.05, 4.69) is 23.8 Å². The standard InChI is InChI=1S/C13H13N3/c1-10(2)12-9-13(14-3)16(15-12)11-7-5-4-6-8-11/h4-10H,1-2H3. The zero-order chi connectivity index (χ0) is 11.5. The van der Waals surface area contributed by atoms with Gasteiger partial charge in [-0.3, -0.25) is 0 Å². The van der Waals surface area contributed by atoms with Crippen LogP contribution in [0.1, 0.15) is 25.5 Å². The average Bonchev–Trinajstić information content (AvgIpc) is 2.74. The van der Waals surface area contributed by atoms with Crippen molar-refractivity contribution in [1.82, 2.24) is 9.78 Å². The smallest absolute Gasteiger partial charge is 0.257 e. The second kappa shape index (κ2) is 4.19. The van der Waals surface area contributed by atoms with Gasteiger partial charge in [-0.05, 0) is 24.1 Å². The van der Waals surface area contributed by atoms with Gasteiger partial charge in [-0.2, -0.15) is 4.68 Å². The van der Waals surface area contributed by atoms with Gasteiger partial charge in [0, 0.05) is 0 Å². The van der Waals surface area contributed by atoms with Crippen LogP contribution in [0.4, 0.5) is 5.82 Å². The van der Waals surface area contributed by atoms with E-state index >= 15 is 0 Å². The van der Waals surface area contributed by atoms with Crippen molar-refractivity contribution in [3.8, 4) is 5.69 Å². The molecular formula is C13H13N3. The predicted molar refractivity (Wildman–Crippen MR) is 63.9 cm³/mol. The Kier molecular flexibility index (Phi) is 2.74. The predicted octanol–water partition coefficient (Wildman–Crippen LogP) is 3.55. The minimum absolute atomic E-state index is 0.338. The van der Waals surface area contributed by atoms with E-state index in [1.165, 1.54) is 0 Å². The molecule has 2 aromatic rings. The lowest BCUT2D eigenvalue weighted by atomic mass is 10.1. The van der Waals surface area contributed by atoms with Gasteiger partial charge in [0.25, 0.3) is 5.82 Å². The highest BCUT2D eigenvalue weighted by molar-refractivity contribution is 5.47. The lowest BCUT2D eigenvalue weighted by Crippen LogP contribution is -1.97.